The Hall–Kier alpha value is -1.32. The monoisotopic (exact) mass is 278 g/mol. The SMILES string of the molecule is CCCNC(=O)C1CC(=O)N(CCC2=CCCCC2)C1. The summed E-state index contributed by atoms with van der Waals surface area (Å²) in [6.07, 6.45) is 9.57. The molecule has 20 heavy (non-hydrogen) atoms. The zero-order valence-electron chi connectivity index (χ0n) is 12.5. The van der Waals surface area contributed by atoms with Gasteiger partial charge in [-0.25, -0.2) is 0 Å². The molecule has 2 aliphatic rings. The highest BCUT2D eigenvalue weighted by molar-refractivity contribution is 5.89. The van der Waals surface area contributed by atoms with Gasteiger partial charge in [0, 0.05) is 26.1 Å². The molecule has 1 N–H and O–H groups in total. The third-order valence-corrected chi connectivity index (χ3v) is 4.22. The van der Waals surface area contributed by atoms with Gasteiger partial charge in [-0.3, -0.25) is 9.59 Å². The Bertz CT molecular complexity index is 390. The summed E-state index contributed by atoms with van der Waals surface area (Å²) in [5.41, 5.74) is 1.49. The van der Waals surface area contributed by atoms with Crippen LogP contribution in [0.2, 0.25) is 0 Å². The molecule has 0 spiro atoms. The lowest BCUT2D eigenvalue weighted by molar-refractivity contribution is -0.129. The number of hydrogen-bond acceptors (Lipinski definition) is 2. The maximum Gasteiger partial charge on any atom is 0.225 e. The fourth-order valence-corrected chi connectivity index (χ4v) is 2.97. The van der Waals surface area contributed by atoms with Crippen LogP contribution in [0.3, 0.4) is 0 Å². The molecule has 1 heterocycles. The molecular weight excluding hydrogens is 252 g/mol. The number of allylic oxidation sites excluding steroid dienone is 1. The van der Waals surface area contributed by atoms with Gasteiger partial charge >= 0.3 is 0 Å². The van der Waals surface area contributed by atoms with Crippen LogP contribution in [0.1, 0.15) is 51.9 Å². The van der Waals surface area contributed by atoms with Gasteiger partial charge < -0.3 is 10.2 Å². The lowest BCUT2D eigenvalue weighted by Gasteiger charge is -2.19. The van der Waals surface area contributed by atoms with Gasteiger partial charge in [-0.1, -0.05) is 18.6 Å². The van der Waals surface area contributed by atoms with Crippen molar-refractivity contribution in [2.45, 2.75) is 51.9 Å². The lowest BCUT2D eigenvalue weighted by atomic mass is 9.97. The third-order valence-electron chi connectivity index (χ3n) is 4.22. The van der Waals surface area contributed by atoms with E-state index in [0.717, 1.165) is 19.4 Å². The third kappa shape index (κ3) is 4.09. The van der Waals surface area contributed by atoms with E-state index in [9.17, 15) is 9.59 Å². The van der Waals surface area contributed by atoms with Crippen LogP contribution in [0.25, 0.3) is 0 Å². The molecule has 0 saturated carbocycles. The molecule has 0 radical (unpaired) electrons. The molecule has 0 aromatic rings. The summed E-state index contributed by atoms with van der Waals surface area (Å²) >= 11 is 0. The van der Waals surface area contributed by atoms with Crippen molar-refractivity contribution < 1.29 is 9.59 Å². The van der Waals surface area contributed by atoms with Crippen LogP contribution in [0.15, 0.2) is 11.6 Å². The molecule has 112 valence electrons. The first kappa shape index (κ1) is 15.1. The van der Waals surface area contributed by atoms with Crippen LogP contribution in [0, 0.1) is 5.92 Å². The van der Waals surface area contributed by atoms with Gasteiger partial charge in [0.2, 0.25) is 11.8 Å². The number of nitrogens with zero attached hydrogens (tertiary/aromatic N) is 1. The summed E-state index contributed by atoms with van der Waals surface area (Å²) in [6, 6.07) is 0. The largest absolute Gasteiger partial charge is 0.356 e. The van der Waals surface area contributed by atoms with E-state index in [-0.39, 0.29) is 17.7 Å². The number of carbonyl (C=O) groups is 2. The first-order chi connectivity index (χ1) is 9.70. The Labute approximate surface area is 121 Å². The summed E-state index contributed by atoms with van der Waals surface area (Å²) in [4.78, 5) is 25.7. The van der Waals surface area contributed by atoms with E-state index in [1.165, 1.54) is 31.3 Å². The Morgan fingerprint density at radius 3 is 3.00 bits per heavy atom. The number of hydrogen-bond donors (Lipinski definition) is 1. The summed E-state index contributed by atoms with van der Waals surface area (Å²) in [6.45, 7) is 4.12. The number of nitrogens with one attached hydrogen (secondary N) is 1. The van der Waals surface area contributed by atoms with Crippen LogP contribution in [0.4, 0.5) is 0 Å². The zero-order chi connectivity index (χ0) is 14.4. The highest BCUT2D eigenvalue weighted by Crippen LogP contribution is 2.23. The highest BCUT2D eigenvalue weighted by atomic mass is 16.2. The molecule has 1 unspecified atom stereocenters. The Morgan fingerprint density at radius 1 is 1.45 bits per heavy atom. The summed E-state index contributed by atoms with van der Waals surface area (Å²) in [5.74, 6) is 0.0343. The van der Waals surface area contributed by atoms with Crippen LogP contribution in [-0.4, -0.2) is 36.3 Å². The molecular formula is C16H26N2O2. The van der Waals surface area contributed by atoms with Crippen molar-refractivity contribution >= 4 is 11.8 Å². The first-order valence-electron chi connectivity index (χ1n) is 7.94. The van der Waals surface area contributed by atoms with E-state index in [1.807, 2.05) is 11.8 Å². The van der Waals surface area contributed by atoms with Gasteiger partial charge in [-0.15, -0.1) is 0 Å². The topological polar surface area (TPSA) is 49.4 Å². The van der Waals surface area contributed by atoms with Crippen molar-refractivity contribution in [2.24, 2.45) is 5.92 Å². The molecule has 4 nitrogen and oxygen atoms in total. The maximum atomic E-state index is 12.0. The average Bonchev–Trinajstić information content (AvgIpc) is 2.85. The molecule has 1 aliphatic carbocycles. The van der Waals surface area contributed by atoms with Gasteiger partial charge in [-0.2, -0.15) is 0 Å². The molecule has 1 aliphatic heterocycles. The van der Waals surface area contributed by atoms with E-state index in [2.05, 4.69) is 11.4 Å². The van der Waals surface area contributed by atoms with Gasteiger partial charge in [-0.05, 0) is 38.5 Å². The Morgan fingerprint density at radius 2 is 2.30 bits per heavy atom. The summed E-state index contributed by atoms with van der Waals surface area (Å²) in [5, 5.41) is 2.89. The molecule has 0 bridgehead atoms. The summed E-state index contributed by atoms with van der Waals surface area (Å²) in [7, 11) is 0. The van der Waals surface area contributed by atoms with Crippen LogP contribution >= 0.6 is 0 Å². The van der Waals surface area contributed by atoms with Crippen LogP contribution < -0.4 is 5.32 Å². The van der Waals surface area contributed by atoms with Crippen LogP contribution in [0.5, 0.6) is 0 Å². The van der Waals surface area contributed by atoms with Crippen molar-refractivity contribution in [3.63, 3.8) is 0 Å². The normalized spacial score (nSPS) is 22.9. The molecule has 1 saturated heterocycles. The summed E-state index contributed by atoms with van der Waals surface area (Å²) < 4.78 is 0. The fourth-order valence-electron chi connectivity index (χ4n) is 2.97. The zero-order valence-corrected chi connectivity index (χ0v) is 12.5. The van der Waals surface area contributed by atoms with E-state index in [4.69, 9.17) is 0 Å². The quantitative estimate of drug-likeness (QED) is 0.758. The van der Waals surface area contributed by atoms with Crippen molar-refractivity contribution in [2.75, 3.05) is 19.6 Å². The maximum absolute atomic E-state index is 12.0. The van der Waals surface area contributed by atoms with Gasteiger partial charge in [0.15, 0.2) is 0 Å². The Balaban J connectivity index is 1.77. The van der Waals surface area contributed by atoms with Crippen molar-refractivity contribution in [1.29, 1.82) is 0 Å². The fraction of sp³-hybridized carbons (Fsp3) is 0.750. The molecule has 0 aromatic heterocycles. The molecule has 4 heteroatoms. The average molecular weight is 278 g/mol. The van der Waals surface area contributed by atoms with Gasteiger partial charge in [0.25, 0.3) is 0 Å². The highest BCUT2D eigenvalue weighted by Gasteiger charge is 2.33. The van der Waals surface area contributed by atoms with E-state index < -0.39 is 0 Å². The predicted octanol–water partition coefficient (Wildman–Crippen LogP) is 2.25. The second-order valence-corrected chi connectivity index (χ2v) is 5.89. The second kappa shape index (κ2) is 7.46. The minimum absolute atomic E-state index is 0.0413. The smallest absolute Gasteiger partial charge is 0.225 e. The minimum Gasteiger partial charge on any atom is -0.356 e. The van der Waals surface area contributed by atoms with Crippen molar-refractivity contribution in [1.82, 2.24) is 10.2 Å². The minimum atomic E-state index is -0.144. The van der Waals surface area contributed by atoms with Crippen LogP contribution in [-0.2, 0) is 9.59 Å². The molecule has 0 aromatic carbocycles. The number of carbonyl (C=O) groups excluding carboxylic acids is 2. The Kier molecular flexibility index (Phi) is 5.62. The molecule has 1 fully saturated rings. The molecule has 2 amide bonds. The van der Waals surface area contributed by atoms with Crippen molar-refractivity contribution in [3.8, 4) is 0 Å². The second-order valence-electron chi connectivity index (χ2n) is 5.89. The first-order valence-corrected chi connectivity index (χ1v) is 7.94. The van der Waals surface area contributed by atoms with Crippen molar-refractivity contribution in [3.05, 3.63) is 11.6 Å². The lowest BCUT2D eigenvalue weighted by Crippen LogP contribution is -2.33. The van der Waals surface area contributed by atoms with E-state index >= 15 is 0 Å². The van der Waals surface area contributed by atoms with Gasteiger partial charge in [0.05, 0.1) is 5.92 Å². The van der Waals surface area contributed by atoms with E-state index in [1.54, 1.807) is 0 Å². The number of likely N-dealkylation sites (tertiary alicyclic amines) is 1. The molecule has 2 rings (SSSR count). The van der Waals surface area contributed by atoms with Gasteiger partial charge in [0.1, 0.15) is 0 Å². The number of amides is 2. The molecule has 1 atom stereocenters. The predicted molar refractivity (Wildman–Crippen MR) is 79.2 cm³/mol. The van der Waals surface area contributed by atoms with E-state index in [0.29, 0.717) is 19.5 Å². The standard InChI is InChI=1S/C16H26N2O2/c1-2-9-17-16(20)14-11-15(19)18(12-14)10-8-13-6-4-3-5-7-13/h6,14H,2-5,7-12H2,1H3,(H,17,20). The number of rotatable bonds is 6.